The first-order valence-electron chi connectivity index (χ1n) is 4.97. The number of nitrogen functional groups attached to an aromatic ring is 2. The number of benzene rings is 1. The van der Waals surface area contributed by atoms with Crippen LogP contribution in [0.4, 0.5) is 11.4 Å². The molecule has 0 aliphatic rings. The molecule has 0 amide bonds. The van der Waals surface area contributed by atoms with Gasteiger partial charge in [0.2, 0.25) is 0 Å². The van der Waals surface area contributed by atoms with Crippen molar-refractivity contribution in [2.24, 2.45) is 0 Å². The molecule has 0 spiro atoms. The van der Waals surface area contributed by atoms with Crippen molar-refractivity contribution in [1.29, 1.82) is 0 Å². The van der Waals surface area contributed by atoms with Gasteiger partial charge in [0.25, 0.3) is 5.56 Å². The molecule has 0 saturated carbocycles. The summed E-state index contributed by atoms with van der Waals surface area (Å²) >= 11 is 0. The molecular weight excluding hydrogens is 202 g/mol. The molecule has 1 aromatic heterocycles. The van der Waals surface area contributed by atoms with Crippen LogP contribution in [-0.4, -0.2) is 4.57 Å². The Morgan fingerprint density at radius 2 is 1.75 bits per heavy atom. The van der Waals surface area contributed by atoms with Crippen LogP contribution in [0.5, 0.6) is 0 Å². The number of aromatic nitrogens is 1. The van der Waals surface area contributed by atoms with Crippen molar-refractivity contribution >= 4 is 11.4 Å². The average molecular weight is 215 g/mol. The number of pyridine rings is 1. The van der Waals surface area contributed by atoms with Crippen molar-refractivity contribution in [3.05, 3.63) is 58.5 Å². The normalized spacial score (nSPS) is 10.2. The lowest BCUT2D eigenvalue weighted by molar-refractivity contribution is 0.763. The van der Waals surface area contributed by atoms with Crippen molar-refractivity contribution in [2.75, 3.05) is 11.5 Å². The van der Waals surface area contributed by atoms with Crippen LogP contribution in [0, 0.1) is 0 Å². The molecule has 0 bridgehead atoms. The number of hydrogen-bond donors (Lipinski definition) is 2. The molecule has 1 aromatic carbocycles. The summed E-state index contributed by atoms with van der Waals surface area (Å²) < 4.78 is 1.54. The predicted octanol–water partition coefficient (Wildman–Crippen LogP) is 1.06. The zero-order valence-electron chi connectivity index (χ0n) is 8.76. The minimum atomic E-state index is -0.246. The van der Waals surface area contributed by atoms with Crippen molar-refractivity contribution in [3.8, 4) is 0 Å². The average Bonchev–Trinajstić information content (AvgIpc) is 2.31. The molecule has 0 atom stereocenters. The fourth-order valence-corrected chi connectivity index (χ4v) is 1.51. The lowest BCUT2D eigenvalue weighted by atomic mass is 10.2. The fraction of sp³-hybridized carbons (Fsp3) is 0.0833. The van der Waals surface area contributed by atoms with Gasteiger partial charge in [-0.05, 0) is 11.6 Å². The highest BCUT2D eigenvalue weighted by Crippen LogP contribution is 2.08. The number of nitrogens with zero attached hydrogens (tertiary/aromatic N) is 1. The van der Waals surface area contributed by atoms with Gasteiger partial charge in [-0.2, -0.15) is 0 Å². The Hall–Kier alpha value is -2.23. The molecule has 2 rings (SSSR count). The van der Waals surface area contributed by atoms with Crippen LogP contribution < -0.4 is 17.0 Å². The Labute approximate surface area is 93.1 Å². The number of nitrogens with two attached hydrogens (primary N) is 2. The first kappa shape index (κ1) is 10.3. The van der Waals surface area contributed by atoms with Crippen molar-refractivity contribution in [1.82, 2.24) is 4.57 Å². The molecule has 2 aromatic rings. The van der Waals surface area contributed by atoms with E-state index in [2.05, 4.69) is 0 Å². The largest absolute Gasteiger partial charge is 0.397 e. The highest BCUT2D eigenvalue weighted by Gasteiger charge is 2.03. The summed E-state index contributed by atoms with van der Waals surface area (Å²) in [7, 11) is 0. The molecule has 1 heterocycles. The lowest BCUT2D eigenvalue weighted by Crippen LogP contribution is -2.23. The Bertz CT molecular complexity index is 546. The second kappa shape index (κ2) is 4.10. The van der Waals surface area contributed by atoms with E-state index < -0.39 is 0 Å². The van der Waals surface area contributed by atoms with Gasteiger partial charge in [-0.15, -0.1) is 0 Å². The van der Waals surface area contributed by atoms with Gasteiger partial charge in [0.15, 0.2) is 0 Å². The molecule has 0 fully saturated rings. The van der Waals surface area contributed by atoms with E-state index in [0.717, 1.165) is 5.56 Å². The van der Waals surface area contributed by atoms with Crippen molar-refractivity contribution in [3.63, 3.8) is 0 Å². The molecule has 0 saturated heterocycles. The molecule has 4 N–H and O–H groups in total. The van der Waals surface area contributed by atoms with Gasteiger partial charge in [-0.25, -0.2) is 0 Å². The summed E-state index contributed by atoms with van der Waals surface area (Å²) in [5, 5.41) is 0. The zero-order valence-corrected chi connectivity index (χ0v) is 8.76. The standard InChI is InChI=1S/C12H13N3O/c13-10-6-7-15(12(16)11(10)14)8-9-4-2-1-3-5-9/h1-7H,8,13-14H2. The quantitative estimate of drug-likeness (QED) is 0.786. The van der Waals surface area contributed by atoms with Gasteiger partial charge < -0.3 is 16.0 Å². The van der Waals surface area contributed by atoms with Crippen LogP contribution in [0.2, 0.25) is 0 Å². The highest BCUT2D eigenvalue weighted by molar-refractivity contribution is 5.60. The smallest absolute Gasteiger partial charge is 0.276 e. The van der Waals surface area contributed by atoms with E-state index in [0.29, 0.717) is 12.2 Å². The summed E-state index contributed by atoms with van der Waals surface area (Å²) in [4.78, 5) is 11.8. The van der Waals surface area contributed by atoms with Crippen LogP contribution in [0.15, 0.2) is 47.4 Å². The summed E-state index contributed by atoms with van der Waals surface area (Å²) in [5.74, 6) is 0. The third-order valence-electron chi connectivity index (χ3n) is 2.43. The molecule has 0 radical (unpaired) electrons. The van der Waals surface area contributed by atoms with Gasteiger partial charge in [0.1, 0.15) is 5.69 Å². The second-order valence-electron chi connectivity index (χ2n) is 3.60. The van der Waals surface area contributed by atoms with Crippen LogP contribution in [0.1, 0.15) is 5.56 Å². The Kier molecular flexibility index (Phi) is 2.64. The van der Waals surface area contributed by atoms with E-state index in [4.69, 9.17) is 11.5 Å². The third-order valence-corrected chi connectivity index (χ3v) is 2.43. The molecule has 0 aliphatic carbocycles. The van der Waals surface area contributed by atoms with E-state index in [1.165, 1.54) is 0 Å². The predicted molar refractivity (Wildman–Crippen MR) is 65.1 cm³/mol. The number of rotatable bonds is 2. The van der Waals surface area contributed by atoms with Crippen molar-refractivity contribution < 1.29 is 0 Å². The van der Waals surface area contributed by atoms with Crippen LogP contribution in [-0.2, 0) is 6.54 Å². The lowest BCUT2D eigenvalue weighted by Gasteiger charge is -2.07. The second-order valence-corrected chi connectivity index (χ2v) is 3.60. The van der Waals surface area contributed by atoms with Gasteiger partial charge in [0.05, 0.1) is 12.2 Å². The van der Waals surface area contributed by atoms with E-state index in [-0.39, 0.29) is 11.2 Å². The molecule has 0 unspecified atom stereocenters. The number of hydrogen-bond acceptors (Lipinski definition) is 3. The van der Waals surface area contributed by atoms with Gasteiger partial charge in [-0.3, -0.25) is 4.79 Å². The zero-order chi connectivity index (χ0) is 11.5. The van der Waals surface area contributed by atoms with Gasteiger partial charge in [0, 0.05) is 6.20 Å². The number of anilines is 2. The van der Waals surface area contributed by atoms with E-state index in [1.807, 2.05) is 30.3 Å². The summed E-state index contributed by atoms with van der Waals surface area (Å²) in [6, 6.07) is 11.4. The molecule has 4 heteroatoms. The Morgan fingerprint density at radius 3 is 2.44 bits per heavy atom. The van der Waals surface area contributed by atoms with E-state index in [1.54, 1.807) is 16.8 Å². The first-order valence-corrected chi connectivity index (χ1v) is 4.97. The molecule has 4 nitrogen and oxygen atoms in total. The monoisotopic (exact) mass is 215 g/mol. The van der Waals surface area contributed by atoms with Crippen molar-refractivity contribution in [2.45, 2.75) is 6.54 Å². The Balaban J connectivity index is 2.37. The third kappa shape index (κ3) is 1.91. The van der Waals surface area contributed by atoms with Gasteiger partial charge in [-0.1, -0.05) is 30.3 Å². The molecule has 16 heavy (non-hydrogen) atoms. The minimum absolute atomic E-state index is 0.110. The van der Waals surface area contributed by atoms with Crippen LogP contribution in [0.25, 0.3) is 0 Å². The molecule has 82 valence electrons. The van der Waals surface area contributed by atoms with E-state index >= 15 is 0 Å². The fourth-order valence-electron chi connectivity index (χ4n) is 1.51. The first-order chi connectivity index (χ1) is 7.68. The molecule has 0 aliphatic heterocycles. The maximum Gasteiger partial charge on any atom is 0.276 e. The Morgan fingerprint density at radius 1 is 1.06 bits per heavy atom. The van der Waals surface area contributed by atoms with Crippen LogP contribution in [0.3, 0.4) is 0 Å². The topological polar surface area (TPSA) is 74.0 Å². The van der Waals surface area contributed by atoms with Crippen LogP contribution >= 0.6 is 0 Å². The van der Waals surface area contributed by atoms with Gasteiger partial charge >= 0.3 is 0 Å². The summed E-state index contributed by atoms with van der Waals surface area (Å²) in [6.07, 6.45) is 1.65. The summed E-state index contributed by atoms with van der Waals surface area (Å²) in [6.45, 7) is 0.504. The maximum atomic E-state index is 11.8. The highest BCUT2D eigenvalue weighted by atomic mass is 16.1. The molecular formula is C12H13N3O. The van der Waals surface area contributed by atoms with E-state index in [9.17, 15) is 4.79 Å². The minimum Gasteiger partial charge on any atom is -0.397 e. The SMILES string of the molecule is Nc1ccn(Cc2ccccc2)c(=O)c1N. The summed E-state index contributed by atoms with van der Waals surface area (Å²) in [5.41, 5.74) is 12.4. The maximum absolute atomic E-state index is 11.8.